The average molecular weight is 500 g/mol. The van der Waals surface area contributed by atoms with Crippen molar-refractivity contribution < 1.29 is 9.05 Å². The topological polar surface area (TPSA) is 18.5 Å². The molecule has 2 atom stereocenters. The summed E-state index contributed by atoms with van der Waals surface area (Å²) in [6, 6.07) is 45.8. The van der Waals surface area contributed by atoms with E-state index in [1.165, 1.54) is 21.0 Å². The maximum Gasteiger partial charge on any atom is 0.157 e. The Morgan fingerprint density at radius 3 is 1.18 bits per heavy atom. The zero-order chi connectivity index (χ0) is 23.6. The Morgan fingerprint density at radius 2 is 0.853 bits per heavy atom. The van der Waals surface area contributed by atoms with Crippen molar-refractivity contribution in [2.75, 3.05) is 26.3 Å². The molecule has 4 aromatic rings. The third-order valence-corrected chi connectivity index (χ3v) is 14.8. The first-order valence-electron chi connectivity index (χ1n) is 11.6. The fourth-order valence-corrected chi connectivity index (χ4v) is 13.6. The molecule has 4 rings (SSSR count). The third kappa shape index (κ3) is 6.54. The lowest BCUT2D eigenvalue weighted by molar-refractivity contribution is 0.469. The molecular formula is C28H31BO2P2Si. The van der Waals surface area contributed by atoms with E-state index in [0.29, 0.717) is 6.31 Å². The lowest BCUT2D eigenvalue weighted by atomic mass is 9.82. The van der Waals surface area contributed by atoms with Crippen LogP contribution in [0.1, 0.15) is 0 Å². The first kappa shape index (κ1) is 25.0. The minimum Gasteiger partial charge on any atom is -0.358 e. The Morgan fingerprint density at radius 1 is 0.529 bits per heavy atom. The Balaban J connectivity index is 1.75. The van der Waals surface area contributed by atoms with Crippen molar-refractivity contribution in [1.29, 1.82) is 0 Å². The van der Waals surface area contributed by atoms with Crippen molar-refractivity contribution in [2.45, 2.75) is 0 Å². The molecule has 0 fully saturated rings. The summed E-state index contributed by atoms with van der Waals surface area (Å²) in [6.45, 7) is 0. The zero-order valence-corrected chi connectivity index (χ0v) is 22.8. The van der Waals surface area contributed by atoms with Crippen LogP contribution in [-0.4, -0.2) is 41.3 Å². The van der Waals surface area contributed by atoms with Crippen molar-refractivity contribution >= 4 is 52.3 Å². The molecule has 6 heteroatoms. The molecule has 0 saturated carbocycles. The van der Waals surface area contributed by atoms with Crippen LogP contribution >= 0.6 is 16.3 Å². The molecule has 0 aromatic heterocycles. The van der Waals surface area contributed by atoms with Gasteiger partial charge in [0.05, 0.1) is 25.0 Å². The summed E-state index contributed by atoms with van der Waals surface area (Å²) >= 11 is 0. The van der Waals surface area contributed by atoms with Crippen LogP contribution in [0, 0.1) is 0 Å². The van der Waals surface area contributed by atoms with E-state index in [0.717, 1.165) is 12.1 Å². The van der Waals surface area contributed by atoms with Crippen LogP contribution in [0.4, 0.5) is 0 Å². The lowest BCUT2D eigenvalue weighted by Gasteiger charge is -2.30. The average Bonchev–Trinajstić information content (AvgIpc) is 2.92. The molecular weight excluding hydrogens is 469 g/mol. The van der Waals surface area contributed by atoms with Crippen molar-refractivity contribution in [3.63, 3.8) is 0 Å². The summed E-state index contributed by atoms with van der Waals surface area (Å²) in [7, 11) is 0.715. The number of hydrogen-bond acceptors (Lipinski definition) is 2. The normalized spacial score (nSPS) is 12.9. The molecule has 0 N–H and O–H groups in total. The van der Waals surface area contributed by atoms with E-state index in [9.17, 15) is 0 Å². The van der Waals surface area contributed by atoms with E-state index in [-0.39, 0.29) is 0 Å². The van der Waals surface area contributed by atoms with Gasteiger partial charge in [-0.05, 0) is 12.1 Å². The highest BCUT2D eigenvalue weighted by molar-refractivity contribution is 7.69. The second kappa shape index (κ2) is 13.1. The summed E-state index contributed by atoms with van der Waals surface area (Å²) in [5, 5.41) is 5.58. The van der Waals surface area contributed by atoms with Gasteiger partial charge in [-0.1, -0.05) is 132 Å². The van der Waals surface area contributed by atoms with Crippen molar-refractivity contribution in [3.8, 4) is 0 Å². The molecule has 0 heterocycles. The maximum atomic E-state index is 6.16. The van der Waals surface area contributed by atoms with Gasteiger partial charge in [0.2, 0.25) is 0 Å². The Hall–Kier alpha value is -2.06. The lowest BCUT2D eigenvalue weighted by Crippen LogP contribution is -2.58. The van der Waals surface area contributed by atoms with E-state index in [4.69, 9.17) is 9.05 Å². The second-order valence-corrected chi connectivity index (χ2v) is 15.5. The highest BCUT2D eigenvalue weighted by Gasteiger charge is 2.35. The minimum atomic E-state index is -1.58. The molecule has 4 aromatic carbocycles. The second-order valence-electron chi connectivity index (χ2n) is 8.22. The molecule has 0 radical (unpaired) electrons. The van der Waals surface area contributed by atoms with Gasteiger partial charge in [0.15, 0.2) is 6.31 Å². The van der Waals surface area contributed by atoms with Crippen molar-refractivity contribution in [2.24, 2.45) is 0 Å². The molecule has 172 valence electrons. The highest BCUT2D eigenvalue weighted by Crippen LogP contribution is 2.40. The molecule has 0 aliphatic carbocycles. The van der Waals surface area contributed by atoms with Crippen LogP contribution in [0.5, 0.6) is 0 Å². The Kier molecular flexibility index (Phi) is 9.68. The van der Waals surface area contributed by atoms with E-state index in [1.807, 2.05) is 14.2 Å². The zero-order valence-electron chi connectivity index (χ0n) is 19.8. The Bertz CT molecular complexity index is 1020. The molecule has 0 aliphatic heterocycles. The highest BCUT2D eigenvalue weighted by atomic mass is 31.1. The molecule has 0 aliphatic rings. The van der Waals surface area contributed by atoms with Gasteiger partial charge in [-0.15, -0.1) is 0 Å². The van der Waals surface area contributed by atoms with Crippen LogP contribution in [-0.2, 0) is 9.05 Å². The summed E-state index contributed by atoms with van der Waals surface area (Å²) in [6.07, 6.45) is 0.488. The van der Waals surface area contributed by atoms with Crippen molar-refractivity contribution in [1.82, 2.24) is 0 Å². The summed E-state index contributed by atoms with van der Waals surface area (Å²) < 4.78 is 12.3. The van der Waals surface area contributed by atoms with Gasteiger partial charge in [-0.3, -0.25) is 0 Å². The summed E-state index contributed by atoms with van der Waals surface area (Å²) in [4.78, 5) is 0. The largest absolute Gasteiger partial charge is 0.358 e. The maximum absolute atomic E-state index is 6.16. The quantitative estimate of drug-likeness (QED) is 0.224. The standard InChI is InChI=1S/C28H31BO2P2Si/c1-30-32(25-15-7-3-8-16-25)23-29(24-33(31-2)26-17-9-4-10-18-26)34(27-19-11-5-12-20-27)28-21-13-6-14-22-28/h3-22,34H,23-24H2,1-2H3. The van der Waals surface area contributed by atoms with E-state index in [1.54, 1.807) is 0 Å². The van der Waals surface area contributed by atoms with Gasteiger partial charge in [0.25, 0.3) is 0 Å². The number of hydrogen-bond donors (Lipinski definition) is 0. The molecule has 0 amide bonds. The van der Waals surface area contributed by atoms with Crippen LogP contribution in [0.2, 0.25) is 0 Å². The molecule has 0 saturated heterocycles. The molecule has 2 nitrogen and oxygen atoms in total. The van der Waals surface area contributed by atoms with Crippen LogP contribution in [0.15, 0.2) is 121 Å². The van der Waals surface area contributed by atoms with Gasteiger partial charge in [0.1, 0.15) is 0 Å². The van der Waals surface area contributed by atoms with E-state index in [2.05, 4.69) is 121 Å². The van der Waals surface area contributed by atoms with Crippen LogP contribution in [0.3, 0.4) is 0 Å². The first-order chi connectivity index (χ1) is 16.8. The monoisotopic (exact) mass is 500 g/mol. The summed E-state index contributed by atoms with van der Waals surface area (Å²) in [5.41, 5.74) is 0. The smallest absolute Gasteiger partial charge is 0.157 e. The Labute approximate surface area is 208 Å². The predicted octanol–water partition coefficient (Wildman–Crippen LogP) is 4.42. The number of rotatable bonds is 11. The SMILES string of the molecule is COP(CB(CP(OC)c1ccccc1)[SiH](c1ccccc1)c1ccccc1)c1ccccc1. The van der Waals surface area contributed by atoms with Gasteiger partial charge < -0.3 is 9.05 Å². The van der Waals surface area contributed by atoms with E-state index >= 15 is 0 Å². The predicted molar refractivity (Wildman–Crippen MR) is 155 cm³/mol. The van der Waals surface area contributed by atoms with Crippen LogP contribution < -0.4 is 21.0 Å². The fourth-order valence-electron chi connectivity index (χ4n) is 4.51. The van der Waals surface area contributed by atoms with Gasteiger partial charge in [-0.2, -0.15) is 0 Å². The van der Waals surface area contributed by atoms with E-state index < -0.39 is 25.0 Å². The van der Waals surface area contributed by atoms with Crippen molar-refractivity contribution in [3.05, 3.63) is 121 Å². The van der Waals surface area contributed by atoms with Gasteiger partial charge >= 0.3 is 0 Å². The molecule has 2 unspecified atom stereocenters. The van der Waals surface area contributed by atoms with Crippen LogP contribution in [0.25, 0.3) is 0 Å². The third-order valence-electron chi connectivity index (χ3n) is 6.12. The molecule has 0 bridgehead atoms. The summed E-state index contributed by atoms with van der Waals surface area (Å²) in [5.74, 6) is 0. The van der Waals surface area contributed by atoms with Gasteiger partial charge in [0, 0.05) is 24.8 Å². The number of benzene rings is 4. The molecule has 34 heavy (non-hydrogen) atoms. The van der Waals surface area contributed by atoms with Gasteiger partial charge in [-0.25, -0.2) is 0 Å². The fraction of sp³-hybridized carbons (Fsp3) is 0.143. The first-order valence-corrected chi connectivity index (χ1v) is 16.3. The minimum absolute atomic E-state index is 0.488. The molecule has 0 spiro atoms.